The van der Waals surface area contributed by atoms with Crippen LogP contribution in [0.3, 0.4) is 0 Å². The number of thiazole rings is 1. The van der Waals surface area contributed by atoms with Gasteiger partial charge in [0.05, 0.1) is 27.5 Å². The van der Waals surface area contributed by atoms with Crippen molar-refractivity contribution in [3.8, 4) is 5.69 Å². The molecule has 5 nitrogen and oxygen atoms in total. The molecule has 3 aromatic rings. The van der Waals surface area contributed by atoms with Gasteiger partial charge in [-0.25, -0.2) is 9.67 Å². The molecule has 1 aromatic carbocycles. The van der Waals surface area contributed by atoms with Crippen LogP contribution in [0.15, 0.2) is 42.2 Å². The highest BCUT2D eigenvalue weighted by Crippen LogP contribution is 2.22. The number of carbonyl (C=O) groups is 1. The van der Waals surface area contributed by atoms with Gasteiger partial charge < -0.3 is 4.90 Å². The minimum Gasteiger partial charge on any atom is -0.341 e. The summed E-state index contributed by atoms with van der Waals surface area (Å²) in [5.41, 5.74) is 4.18. The van der Waals surface area contributed by atoms with E-state index in [4.69, 9.17) is 11.6 Å². The average Bonchev–Trinajstić information content (AvgIpc) is 3.23. The van der Waals surface area contributed by atoms with E-state index in [1.165, 1.54) is 4.88 Å². The van der Waals surface area contributed by atoms with Crippen molar-refractivity contribution in [3.63, 3.8) is 0 Å². The lowest BCUT2D eigenvalue weighted by Gasteiger charge is -2.18. The molecule has 7 heteroatoms. The van der Waals surface area contributed by atoms with Crippen LogP contribution in [-0.2, 0) is 6.42 Å². The molecule has 2 heterocycles. The molecule has 0 aliphatic rings. The van der Waals surface area contributed by atoms with Crippen LogP contribution < -0.4 is 0 Å². The molecule has 0 saturated carbocycles. The van der Waals surface area contributed by atoms with E-state index in [9.17, 15) is 4.79 Å². The van der Waals surface area contributed by atoms with Gasteiger partial charge in [0.2, 0.25) is 0 Å². The van der Waals surface area contributed by atoms with Crippen LogP contribution in [-0.4, -0.2) is 39.2 Å². The molecule has 0 fully saturated rings. The van der Waals surface area contributed by atoms with Crippen molar-refractivity contribution in [3.05, 3.63) is 63.3 Å². The molecule has 0 aliphatic heterocycles. The predicted octanol–water partition coefficient (Wildman–Crippen LogP) is 3.61. The summed E-state index contributed by atoms with van der Waals surface area (Å²) >= 11 is 7.93. The quantitative estimate of drug-likeness (QED) is 0.698. The van der Waals surface area contributed by atoms with Crippen LogP contribution in [0.25, 0.3) is 5.69 Å². The maximum atomic E-state index is 12.6. The highest BCUT2D eigenvalue weighted by atomic mass is 35.5. The minimum atomic E-state index is -0.0887. The maximum absolute atomic E-state index is 12.6. The van der Waals surface area contributed by atoms with Crippen molar-refractivity contribution in [2.75, 3.05) is 13.6 Å². The van der Waals surface area contributed by atoms with E-state index in [0.29, 0.717) is 17.1 Å². The number of hydrogen-bond acceptors (Lipinski definition) is 4. The second-order valence-electron chi connectivity index (χ2n) is 5.45. The summed E-state index contributed by atoms with van der Waals surface area (Å²) in [4.78, 5) is 19.7. The topological polar surface area (TPSA) is 51.0 Å². The molecular formula is C17H17ClN4OS. The zero-order chi connectivity index (χ0) is 17.1. The first-order chi connectivity index (χ1) is 11.6. The molecular weight excluding hydrogens is 344 g/mol. The Bertz CT molecular complexity index is 844. The highest BCUT2D eigenvalue weighted by molar-refractivity contribution is 7.09. The van der Waals surface area contributed by atoms with E-state index in [0.717, 1.165) is 17.8 Å². The summed E-state index contributed by atoms with van der Waals surface area (Å²) in [5, 5.41) is 4.59. The summed E-state index contributed by atoms with van der Waals surface area (Å²) < 4.78 is 1.70. The molecule has 0 saturated heterocycles. The van der Waals surface area contributed by atoms with E-state index in [2.05, 4.69) is 10.1 Å². The smallest absolute Gasteiger partial charge is 0.255 e. The molecule has 0 N–H and O–H groups in total. The molecule has 0 atom stereocenters. The monoisotopic (exact) mass is 360 g/mol. The van der Waals surface area contributed by atoms with Crippen molar-refractivity contribution >= 4 is 28.8 Å². The van der Waals surface area contributed by atoms with E-state index in [1.54, 1.807) is 46.3 Å². The largest absolute Gasteiger partial charge is 0.341 e. The fraction of sp³-hybridized carbons (Fsp3) is 0.235. The number of hydrogen-bond donors (Lipinski definition) is 0. The van der Waals surface area contributed by atoms with Gasteiger partial charge in [-0.2, -0.15) is 5.10 Å². The van der Waals surface area contributed by atoms with Crippen LogP contribution in [0.2, 0.25) is 5.02 Å². The number of benzene rings is 1. The molecule has 1 amide bonds. The Morgan fingerprint density at radius 1 is 1.42 bits per heavy atom. The lowest BCUT2D eigenvalue weighted by molar-refractivity contribution is 0.0797. The van der Waals surface area contributed by atoms with Gasteiger partial charge in [0.15, 0.2) is 0 Å². The average molecular weight is 361 g/mol. The second-order valence-corrected chi connectivity index (χ2v) is 6.80. The van der Waals surface area contributed by atoms with Crippen LogP contribution in [0.4, 0.5) is 0 Å². The third-order valence-corrected chi connectivity index (χ3v) is 5.13. The minimum absolute atomic E-state index is 0.0887. The van der Waals surface area contributed by atoms with Gasteiger partial charge in [0.1, 0.15) is 0 Å². The van der Waals surface area contributed by atoms with E-state index < -0.39 is 0 Å². The number of halogens is 1. The van der Waals surface area contributed by atoms with Crippen molar-refractivity contribution < 1.29 is 4.79 Å². The summed E-state index contributed by atoms with van der Waals surface area (Å²) in [7, 11) is 1.79. The van der Waals surface area contributed by atoms with Crippen LogP contribution in [0.5, 0.6) is 0 Å². The molecule has 2 aromatic heterocycles. The lowest BCUT2D eigenvalue weighted by atomic mass is 10.1. The van der Waals surface area contributed by atoms with Crippen LogP contribution >= 0.6 is 22.9 Å². The third-order valence-electron chi connectivity index (χ3n) is 3.82. The molecule has 0 radical (unpaired) electrons. The molecule has 24 heavy (non-hydrogen) atoms. The number of aromatic nitrogens is 3. The molecule has 124 valence electrons. The van der Waals surface area contributed by atoms with Gasteiger partial charge in [-0.15, -0.1) is 11.3 Å². The maximum Gasteiger partial charge on any atom is 0.255 e. The zero-order valence-corrected chi connectivity index (χ0v) is 15.0. The van der Waals surface area contributed by atoms with Crippen LogP contribution in [0.1, 0.15) is 20.9 Å². The number of rotatable bonds is 5. The van der Waals surface area contributed by atoms with E-state index in [1.807, 2.05) is 30.8 Å². The molecule has 0 bridgehead atoms. The third kappa shape index (κ3) is 3.49. The fourth-order valence-corrected chi connectivity index (χ4v) is 3.41. The SMILES string of the molecule is Cc1ncsc1CCN(C)C(=O)c1ccc(-n2cccn2)cc1Cl. The Morgan fingerprint density at radius 2 is 2.25 bits per heavy atom. The first kappa shape index (κ1) is 16.7. The molecule has 0 aliphatic carbocycles. The summed E-state index contributed by atoms with van der Waals surface area (Å²) in [6.45, 7) is 2.61. The predicted molar refractivity (Wildman–Crippen MR) is 96.1 cm³/mol. The lowest BCUT2D eigenvalue weighted by Crippen LogP contribution is -2.29. The van der Waals surface area contributed by atoms with E-state index >= 15 is 0 Å². The fourth-order valence-electron chi connectivity index (χ4n) is 2.38. The van der Waals surface area contributed by atoms with Crippen molar-refractivity contribution in [2.24, 2.45) is 0 Å². The molecule has 0 spiro atoms. The zero-order valence-electron chi connectivity index (χ0n) is 13.4. The Labute approximate surface area is 149 Å². The van der Waals surface area contributed by atoms with Gasteiger partial charge in [0, 0.05) is 37.3 Å². The Balaban J connectivity index is 1.71. The number of amides is 1. The van der Waals surface area contributed by atoms with E-state index in [-0.39, 0.29) is 5.91 Å². The Morgan fingerprint density at radius 3 is 2.88 bits per heavy atom. The van der Waals surface area contributed by atoms with Gasteiger partial charge in [-0.05, 0) is 31.2 Å². The number of carbonyl (C=O) groups excluding carboxylic acids is 1. The first-order valence-electron chi connectivity index (χ1n) is 7.50. The molecule has 0 unspecified atom stereocenters. The van der Waals surface area contributed by atoms with Gasteiger partial charge in [-0.3, -0.25) is 4.79 Å². The van der Waals surface area contributed by atoms with Gasteiger partial charge in [0.25, 0.3) is 5.91 Å². The van der Waals surface area contributed by atoms with Crippen molar-refractivity contribution in [1.82, 2.24) is 19.7 Å². The summed E-state index contributed by atoms with van der Waals surface area (Å²) in [6.07, 6.45) is 4.32. The summed E-state index contributed by atoms with van der Waals surface area (Å²) in [6, 6.07) is 7.18. The normalized spacial score (nSPS) is 10.8. The number of likely N-dealkylation sites (N-methyl/N-ethyl adjacent to an activating group) is 1. The standard InChI is InChI=1S/C17H17ClN4OS/c1-12-16(24-11-19-12)6-9-21(2)17(23)14-5-4-13(10-15(14)18)22-8-3-7-20-22/h3-5,7-8,10-11H,6,9H2,1-2H3. The van der Waals surface area contributed by atoms with Crippen LogP contribution in [0, 0.1) is 6.92 Å². The highest BCUT2D eigenvalue weighted by Gasteiger charge is 2.16. The number of nitrogens with zero attached hydrogens (tertiary/aromatic N) is 4. The molecule has 3 rings (SSSR count). The second kappa shape index (κ2) is 7.15. The number of aryl methyl sites for hydroxylation is 1. The first-order valence-corrected chi connectivity index (χ1v) is 8.76. The Hall–Kier alpha value is -2.18. The van der Waals surface area contributed by atoms with Gasteiger partial charge in [-0.1, -0.05) is 11.6 Å². The van der Waals surface area contributed by atoms with Gasteiger partial charge >= 0.3 is 0 Å². The summed E-state index contributed by atoms with van der Waals surface area (Å²) in [5.74, 6) is -0.0887. The van der Waals surface area contributed by atoms with Crippen molar-refractivity contribution in [2.45, 2.75) is 13.3 Å². The Kier molecular flexibility index (Phi) is 4.97. The van der Waals surface area contributed by atoms with Crippen molar-refractivity contribution in [1.29, 1.82) is 0 Å².